The highest BCUT2D eigenvalue weighted by Crippen LogP contribution is 1.83. The zero-order chi connectivity index (χ0) is 9.68. The first-order valence-corrected chi connectivity index (χ1v) is 4.25. The predicted molar refractivity (Wildman–Crippen MR) is 49.5 cm³/mol. The minimum Gasteiger partial charge on any atom is -0.378 e. The molecule has 0 aliphatic carbocycles. The summed E-state index contributed by atoms with van der Waals surface area (Å²) in [4.78, 5) is 11.3. The van der Waals surface area contributed by atoms with Crippen molar-refractivity contribution in [1.29, 1.82) is 0 Å². The molecule has 0 spiro atoms. The van der Waals surface area contributed by atoms with Gasteiger partial charge in [-0.05, 0) is 0 Å². The van der Waals surface area contributed by atoms with Crippen LogP contribution in [0.4, 0.5) is 0 Å². The van der Waals surface area contributed by atoms with Gasteiger partial charge < -0.3 is 15.0 Å². The zero-order valence-corrected chi connectivity index (χ0v) is 7.77. The summed E-state index contributed by atoms with van der Waals surface area (Å²) in [5.41, 5.74) is 5.23. The molecule has 0 aliphatic heterocycles. The number of nitrogens with two attached hydrogens (primary N) is 1. The third kappa shape index (κ3) is 2.71. The maximum absolute atomic E-state index is 11.3. The van der Waals surface area contributed by atoms with Gasteiger partial charge in [0.2, 0.25) is 0 Å². The minimum absolute atomic E-state index is 0.0173. The molecule has 0 bridgehead atoms. The maximum atomic E-state index is 11.3. The molecular weight excluding hydrogens is 170 g/mol. The summed E-state index contributed by atoms with van der Waals surface area (Å²) in [5.74, 6) is 0. The van der Waals surface area contributed by atoms with Crippen molar-refractivity contribution < 1.29 is 4.74 Å². The monoisotopic (exact) mass is 185 g/mol. The summed E-state index contributed by atoms with van der Waals surface area (Å²) in [7, 11) is 1.72. The average molecular weight is 185 g/mol. The summed E-state index contributed by atoms with van der Waals surface area (Å²) < 4.78 is 8.30. The Bertz CT molecular complexity index is 303. The number of aromatic nitrogens is 2. The number of rotatable bonds is 5. The summed E-state index contributed by atoms with van der Waals surface area (Å²) in [6, 6.07) is 0. The molecule has 1 aromatic heterocycles. The van der Waals surface area contributed by atoms with E-state index in [0.29, 0.717) is 26.3 Å². The third-order valence-corrected chi connectivity index (χ3v) is 1.76. The third-order valence-electron chi connectivity index (χ3n) is 1.76. The Morgan fingerprint density at radius 3 is 2.77 bits per heavy atom. The topological polar surface area (TPSA) is 62.2 Å². The first-order valence-electron chi connectivity index (χ1n) is 4.25. The van der Waals surface area contributed by atoms with Crippen LogP contribution in [0.5, 0.6) is 0 Å². The van der Waals surface area contributed by atoms with Crippen LogP contribution in [-0.2, 0) is 18.3 Å². The van der Waals surface area contributed by atoms with Crippen LogP contribution in [0.1, 0.15) is 0 Å². The minimum atomic E-state index is -0.0173. The lowest BCUT2D eigenvalue weighted by molar-refractivity contribution is 0.132. The van der Waals surface area contributed by atoms with Crippen molar-refractivity contribution in [3.05, 3.63) is 22.9 Å². The van der Waals surface area contributed by atoms with Crippen LogP contribution in [0.2, 0.25) is 0 Å². The van der Waals surface area contributed by atoms with Crippen LogP contribution < -0.4 is 11.4 Å². The van der Waals surface area contributed by atoms with E-state index in [1.54, 1.807) is 24.0 Å². The van der Waals surface area contributed by atoms with Crippen molar-refractivity contribution >= 4 is 0 Å². The quantitative estimate of drug-likeness (QED) is 0.608. The molecule has 0 radical (unpaired) electrons. The molecule has 5 heteroatoms. The Labute approximate surface area is 76.7 Å². The lowest BCUT2D eigenvalue weighted by atomic mass is 10.6. The summed E-state index contributed by atoms with van der Waals surface area (Å²) >= 11 is 0. The summed E-state index contributed by atoms with van der Waals surface area (Å²) in [5, 5.41) is 0. The Hall–Kier alpha value is -1.07. The number of ether oxygens (including phenoxy) is 1. The Morgan fingerprint density at radius 2 is 2.23 bits per heavy atom. The van der Waals surface area contributed by atoms with Gasteiger partial charge in [0.05, 0.1) is 19.8 Å². The second-order valence-electron chi connectivity index (χ2n) is 2.79. The first kappa shape index (κ1) is 10.0. The van der Waals surface area contributed by atoms with Crippen LogP contribution in [0.3, 0.4) is 0 Å². The van der Waals surface area contributed by atoms with Gasteiger partial charge in [-0.3, -0.25) is 4.57 Å². The molecule has 2 N–H and O–H groups in total. The largest absolute Gasteiger partial charge is 0.378 e. The van der Waals surface area contributed by atoms with Gasteiger partial charge in [-0.2, -0.15) is 0 Å². The van der Waals surface area contributed by atoms with E-state index in [2.05, 4.69) is 0 Å². The number of nitrogens with zero attached hydrogens (tertiary/aromatic N) is 2. The van der Waals surface area contributed by atoms with Gasteiger partial charge in [-0.15, -0.1) is 0 Å². The van der Waals surface area contributed by atoms with Crippen molar-refractivity contribution in [2.75, 3.05) is 19.8 Å². The number of hydrogen-bond donors (Lipinski definition) is 1. The average Bonchev–Trinajstić information content (AvgIpc) is 2.43. The van der Waals surface area contributed by atoms with Crippen LogP contribution >= 0.6 is 0 Å². The zero-order valence-electron chi connectivity index (χ0n) is 7.77. The Morgan fingerprint density at radius 1 is 1.46 bits per heavy atom. The van der Waals surface area contributed by atoms with Crippen molar-refractivity contribution in [3.63, 3.8) is 0 Å². The second kappa shape index (κ2) is 4.84. The van der Waals surface area contributed by atoms with E-state index >= 15 is 0 Å². The first-order chi connectivity index (χ1) is 6.25. The number of hydrogen-bond acceptors (Lipinski definition) is 3. The molecule has 1 rings (SSSR count). The van der Waals surface area contributed by atoms with Gasteiger partial charge in [0, 0.05) is 26.0 Å². The Kier molecular flexibility index (Phi) is 3.72. The molecule has 0 amide bonds. The molecule has 0 atom stereocenters. The van der Waals surface area contributed by atoms with Crippen LogP contribution in [0.15, 0.2) is 17.2 Å². The predicted octanol–water partition coefficient (Wildman–Crippen LogP) is -0.838. The molecule has 0 unspecified atom stereocenters. The van der Waals surface area contributed by atoms with Crippen LogP contribution in [0.25, 0.3) is 0 Å². The van der Waals surface area contributed by atoms with Gasteiger partial charge in [0.25, 0.3) is 0 Å². The highest BCUT2D eigenvalue weighted by Gasteiger charge is 1.97. The highest BCUT2D eigenvalue weighted by atomic mass is 16.5. The van der Waals surface area contributed by atoms with E-state index in [1.807, 2.05) is 0 Å². The van der Waals surface area contributed by atoms with E-state index < -0.39 is 0 Å². The molecule has 0 fully saturated rings. The number of aryl methyl sites for hydroxylation is 1. The summed E-state index contributed by atoms with van der Waals surface area (Å²) in [6.07, 6.45) is 3.47. The van der Waals surface area contributed by atoms with E-state index in [1.165, 1.54) is 4.57 Å². The van der Waals surface area contributed by atoms with Gasteiger partial charge in [0.1, 0.15) is 0 Å². The maximum Gasteiger partial charge on any atom is 0.327 e. The Balaban J connectivity index is 2.37. The van der Waals surface area contributed by atoms with Gasteiger partial charge in [-0.25, -0.2) is 4.79 Å². The van der Waals surface area contributed by atoms with E-state index in [0.717, 1.165) is 0 Å². The highest BCUT2D eigenvalue weighted by molar-refractivity contribution is 4.79. The molecule has 0 saturated carbocycles. The van der Waals surface area contributed by atoms with Gasteiger partial charge in [-0.1, -0.05) is 0 Å². The molecule has 0 aromatic carbocycles. The van der Waals surface area contributed by atoms with Crippen LogP contribution in [0, 0.1) is 0 Å². The molecule has 0 saturated heterocycles. The molecule has 1 heterocycles. The standard InChI is InChI=1S/C8H15N3O2/c1-10-3-4-11(8(10)12)5-7-13-6-2-9/h3-4H,2,5-7,9H2,1H3. The van der Waals surface area contributed by atoms with Gasteiger partial charge in [0.15, 0.2) is 0 Å². The van der Waals surface area contributed by atoms with Crippen molar-refractivity contribution in [2.24, 2.45) is 12.8 Å². The van der Waals surface area contributed by atoms with E-state index in [-0.39, 0.29) is 5.69 Å². The normalized spacial score (nSPS) is 10.6. The fraction of sp³-hybridized carbons (Fsp3) is 0.625. The molecule has 13 heavy (non-hydrogen) atoms. The number of imidazole rings is 1. The lowest BCUT2D eigenvalue weighted by Gasteiger charge is -2.01. The van der Waals surface area contributed by atoms with E-state index in [4.69, 9.17) is 10.5 Å². The second-order valence-corrected chi connectivity index (χ2v) is 2.79. The van der Waals surface area contributed by atoms with Crippen molar-refractivity contribution in [3.8, 4) is 0 Å². The van der Waals surface area contributed by atoms with Gasteiger partial charge >= 0.3 is 5.69 Å². The lowest BCUT2D eigenvalue weighted by Crippen LogP contribution is -2.24. The molecule has 5 nitrogen and oxygen atoms in total. The molecule has 0 aliphatic rings. The smallest absolute Gasteiger partial charge is 0.327 e. The fourth-order valence-electron chi connectivity index (χ4n) is 1.03. The SMILES string of the molecule is Cn1ccn(CCOCCN)c1=O. The van der Waals surface area contributed by atoms with Crippen molar-refractivity contribution in [1.82, 2.24) is 9.13 Å². The van der Waals surface area contributed by atoms with E-state index in [9.17, 15) is 4.79 Å². The van der Waals surface area contributed by atoms with Crippen molar-refractivity contribution in [2.45, 2.75) is 6.54 Å². The molecular formula is C8H15N3O2. The molecule has 74 valence electrons. The summed E-state index contributed by atoms with van der Waals surface area (Å²) in [6.45, 7) is 2.17. The van der Waals surface area contributed by atoms with Crippen LogP contribution in [-0.4, -0.2) is 28.9 Å². The molecule has 1 aromatic rings. The fourth-order valence-corrected chi connectivity index (χ4v) is 1.03.